The van der Waals surface area contributed by atoms with Crippen molar-refractivity contribution in [3.8, 4) is 5.75 Å². The second-order valence-corrected chi connectivity index (χ2v) is 12.0. The van der Waals surface area contributed by atoms with Crippen LogP contribution in [0.2, 0.25) is 0 Å². The summed E-state index contributed by atoms with van der Waals surface area (Å²) in [5, 5.41) is 12.2. The van der Waals surface area contributed by atoms with Crippen molar-refractivity contribution in [3.05, 3.63) is 48.5 Å². The number of nitrogens with one attached hydrogen (secondary N) is 2. The number of anilines is 2. The fourth-order valence-electron chi connectivity index (χ4n) is 4.52. The summed E-state index contributed by atoms with van der Waals surface area (Å²) in [4.78, 5) is 12.3. The van der Waals surface area contributed by atoms with Crippen LogP contribution in [0.1, 0.15) is 116 Å². The third kappa shape index (κ3) is 13.8. The second kappa shape index (κ2) is 18.7. The van der Waals surface area contributed by atoms with Crippen molar-refractivity contribution >= 4 is 27.3 Å². The molecule has 0 aliphatic heterocycles. The lowest BCUT2D eigenvalue weighted by Crippen LogP contribution is -2.14. The number of carbonyl (C=O) groups is 1. The van der Waals surface area contributed by atoms with Gasteiger partial charge in [-0.25, -0.2) is 8.42 Å². The van der Waals surface area contributed by atoms with Gasteiger partial charge in [0.2, 0.25) is 5.91 Å². The highest BCUT2D eigenvalue weighted by Gasteiger charge is 2.14. The number of carbonyl (C=O) groups excluding carboxylic acids is 1. The average molecular weight is 545 g/mol. The summed E-state index contributed by atoms with van der Waals surface area (Å²) in [7, 11) is -3.75. The van der Waals surface area contributed by atoms with Crippen LogP contribution in [0, 0.1) is 0 Å². The first kappa shape index (κ1) is 31.7. The minimum atomic E-state index is -3.75. The maximum atomic E-state index is 12.5. The lowest BCUT2D eigenvalue weighted by molar-refractivity contribution is -0.116. The van der Waals surface area contributed by atoms with Gasteiger partial charge in [0.25, 0.3) is 10.0 Å². The minimum absolute atomic E-state index is 0.0480. The topological polar surface area (TPSA) is 95.5 Å². The Morgan fingerprint density at radius 2 is 1.05 bits per heavy atom. The van der Waals surface area contributed by atoms with Crippen LogP contribution in [0.15, 0.2) is 53.4 Å². The molecule has 0 fully saturated rings. The van der Waals surface area contributed by atoms with E-state index in [1.54, 1.807) is 12.1 Å². The summed E-state index contributed by atoms with van der Waals surface area (Å²) < 4.78 is 27.5. The molecular formula is C31H48N2O4S. The normalized spacial score (nSPS) is 11.4. The molecule has 1 amide bonds. The fraction of sp³-hybridized carbons (Fsp3) is 0.581. The summed E-state index contributed by atoms with van der Waals surface area (Å²) in [6.07, 6.45) is 21.3. The fourth-order valence-corrected chi connectivity index (χ4v) is 5.58. The molecule has 38 heavy (non-hydrogen) atoms. The highest BCUT2D eigenvalue weighted by Crippen LogP contribution is 2.20. The average Bonchev–Trinajstić information content (AvgIpc) is 2.90. The van der Waals surface area contributed by atoms with Gasteiger partial charge in [0, 0.05) is 17.8 Å². The first-order valence-electron chi connectivity index (χ1n) is 14.6. The monoisotopic (exact) mass is 544 g/mol. The van der Waals surface area contributed by atoms with Crippen molar-refractivity contribution in [3.63, 3.8) is 0 Å². The molecule has 0 saturated heterocycles. The van der Waals surface area contributed by atoms with E-state index in [0.29, 0.717) is 17.8 Å². The Labute approximate surface area is 230 Å². The van der Waals surface area contributed by atoms with Crippen LogP contribution in [0.5, 0.6) is 5.75 Å². The number of aromatic hydroxyl groups is 1. The Hall–Kier alpha value is -2.54. The largest absolute Gasteiger partial charge is 0.508 e. The number of rotatable bonds is 21. The molecule has 3 N–H and O–H groups in total. The van der Waals surface area contributed by atoms with Crippen LogP contribution >= 0.6 is 0 Å². The van der Waals surface area contributed by atoms with Gasteiger partial charge < -0.3 is 10.4 Å². The molecule has 2 aromatic rings. The SMILES string of the molecule is CCCCCCCCCCCCCCCCCCC(=O)Nc1ccc(S(=O)(=O)Nc2ccc(O)cc2)cc1. The Kier molecular flexibility index (Phi) is 15.6. The zero-order valence-corrected chi connectivity index (χ0v) is 24.0. The number of hydrogen-bond acceptors (Lipinski definition) is 4. The predicted molar refractivity (Wildman–Crippen MR) is 158 cm³/mol. The maximum absolute atomic E-state index is 12.5. The molecule has 0 aromatic heterocycles. The molecule has 7 heteroatoms. The van der Waals surface area contributed by atoms with Gasteiger partial charge in [0.1, 0.15) is 5.75 Å². The lowest BCUT2D eigenvalue weighted by Gasteiger charge is -2.10. The predicted octanol–water partition coefficient (Wildman–Crippen LogP) is 8.78. The van der Waals surface area contributed by atoms with E-state index in [4.69, 9.17) is 0 Å². The molecule has 0 atom stereocenters. The first-order valence-corrected chi connectivity index (χ1v) is 16.1. The summed E-state index contributed by atoms with van der Waals surface area (Å²) in [6, 6.07) is 11.9. The summed E-state index contributed by atoms with van der Waals surface area (Å²) in [6.45, 7) is 2.27. The Bertz CT molecular complexity index is 1010. The highest BCUT2D eigenvalue weighted by atomic mass is 32.2. The van der Waals surface area contributed by atoms with E-state index in [9.17, 15) is 18.3 Å². The quantitative estimate of drug-likeness (QED) is 0.108. The number of unbranched alkanes of at least 4 members (excludes halogenated alkanes) is 15. The molecule has 0 radical (unpaired) electrons. The van der Waals surface area contributed by atoms with Crippen LogP contribution in [-0.4, -0.2) is 19.4 Å². The molecule has 0 aliphatic carbocycles. The molecular weight excluding hydrogens is 496 g/mol. The number of amides is 1. The molecule has 0 unspecified atom stereocenters. The van der Waals surface area contributed by atoms with Crippen molar-refractivity contribution in [2.45, 2.75) is 121 Å². The first-order chi connectivity index (χ1) is 18.4. The molecule has 0 spiro atoms. The zero-order valence-electron chi connectivity index (χ0n) is 23.2. The van der Waals surface area contributed by atoms with Crippen molar-refractivity contribution in [2.75, 3.05) is 10.0 Å². The molecule has 2 rings (SSSR count). The third-order valence-corrected chi connectivity index (χ3v) is 8.22. The lowest BCUT2D eigenvalue weighted by atomic mass is 10.0. The molecule has 0 heterocycles. The summed E-state index contributed by atoms with van der Waals surface area (Å²) in [5.41, 5.74) is 0.939. The number of phenolic OH excluding ortho intramolecular Hbond substituents is 1. The summed E-state index contributed by atoms with van der Waals surface area (Å²) >= 11 is 0. The van der Waals surface area contributed by atoms with Crippen molar-refractivity contribution in [2.24, 2.45) is 0 Å². The third-order valence-electron chi connectivity index (χ3n) is 6.83. The smallest absolute Gasteiger partial charge is 0.261 e. The Balaban J connectivity index is 1.49. The van der Waals surface area contributed by atoms with Gasteiger partial charge in [-0.3, -0.25) is 9.52 Å². The maximum Gasteiger partial charge on any atom is 0.261 e. The summed E-state index contributed by atoms with van der Waals surface area (Å²) in [5.74, 6) is 0.0146. The van der Waals surface area contributed by atoms with Gasteiger partial charge in [-0.1, -0.05) is 103 Å². The van der Waals surface area contributed by atoms with Gasteiger partial charge in [-0.2, -0.15) is 0 Å². The molecule has 2 aromatic carbocycles. The van der Waals surface area contributed by atoms with Gasteiger partial charge in [-0.15, -0.1) is 0 Å². The Morgan fingerprint density at radius 3 is 1.53 bits per heavy atom. The number of hydrogen-bond donors (Lipinski definition) is 3. The molecule has 6 nitrogen and oxygen atoms in total. The van der Waals surface area contributed by atoms with Crippen LogP contribution in [0.3, 0.4) is 0 Å². The van der Waals surface area contributed by atoms with E-state index in [2.05, 4.69) is 17.0 Å². The minimum Gasteiger partial charge on any atom is -0.508 e. The van der Waals surface area contributed by atoms with E-state index in [0.717, 1.165) is 12.8 Å². The Morgan fingerprint density at radius 1 is 0.632 bits per heavy atom. The van der Waals surface area contributed by atoms with Crippen LogP contribution < -0.4 is 10.0 Å². The van der Waals surface area contributed by atoms with Crippen molar-refractivity contribution < 1.29 is 18.3 Å². The molecule has 212 valence electrons. The van der Waals surface area contributed by atoms with Crippen molar-refractivity contribution in [1.82, 2.24) is 0 Å². The van der Waals surface area contributed by atoms with Gasteiger partial charge in [-0.05, 0) is 55.0 Å². The number of sulfonamides is 1. The number of phenols is 1. The standard InChI is InChI=1S/C31H48N2O4S/c1-2-3-4-5-6-7-8-9-10-11-12-13-14-15-16-17-18-31(35)32-27-21-25-30(26-22-27)38(36,37)33-28-19-23-29(34)24-20-28/h19-26,33-34H,2-18H2,1H3,(H,32,35). The van der Waals surface area contributed by atoms with Crippen LogP contribution in [0.25, 0.3) is 0 Å². The van der Waals surface area contributed by atoms with E-state index in [-0.39, 0.29) is 16.6 Å². The molecule has 0 saturated carbocycles. The zero-order chi connectivity index (χ0) is 27.5. The van der Waals surface area contributed by atoms with E-state index in [1.807, 2.05) is 0 Å². The highest BCUT2D eigenvalue weighted by molar-refractivity contribution is 7.92. The van der Waals surface area contributed by atoms with Gasteiger partial charge in [0.15, 0.2) is 0 Å². The van der Waals surface area contributed by atoms with Crippen LogP contribution in [-0.2, 0) is 14.8 Å². The van der Waals surface area contributed by atoms with Gasteiger partial charge >= 0.3 is 0 Å². The van der Waals surface area contributed by atoms with Crippen molar-refractivity contribution in [1.29, 1.82) is 0 Å². The molecule has 0 aliphatic rings. The van der Waals surface area contributed by atoms with Crippen LogP contribution in [0.4, 0.5) is 11.4 Å². The van der Waals surface area contributed by atoms with Gasteiger partial charge in [0.05, 0.1) is 4.90 Å². The second-order valence-electron chi connectivity index (χ2n) is 10.3. The molecule has 0 bridgehead atoms. The van der Waals surface area contributed by atoms with E-state index in [1.165, 1.54) is 126 Å². The number of benzene rings is 2. The van der Waals surface area contributed by atoms with E-state index < -0.39 is 10.0 Å². The van der Waals surface area contributed by atoms with E-state index >= 15 is 0 Å².